The number of hydrogen-bond donors (Lipinski definition) is 2. The highest BCUT2D eigenvalue weighted by Gasteiger charge is 2.37. The Morgan fingerprint density at radius 2 is 1.97 bits per heavy atom. The van der Waals surface area contributed by atoms with Crippen molar-refractivity contribution in [2.75, 3.05) is 18.1 Å². The van der Waals surface area contributed by atoms with Crippen LogP contribution in [-0.2, 0) is 14.4 Å². The number of imide groups is 2. The van der Waals surface area contributed by atoms with Crippen LogP contribution in [0, 0.1) is 13.7 Å². The smallest absolute Gasteiger partial charge is 0.341 e. The third-order valence-corrected chi connectivity index (χ3v) is 5.18. The topological polar surface area (TPSA) is 165 Å². The standard InChI is InChI=1S/C21H16IN3O9/c1-2-33-16-8-11(7-15(22)18(16)34-10-17(26)27)6-14-19(28)23-21(30)24(20(14)29)12-4-3-5-13(9-12)25(31)32/h3-9H,2,10H2,1H3,(H,26,27)(H,23,28,30)/b14-6+. The molecule has 0 unspecified atom stereocenters. The summed E-state index contributed by atoms with van der Waals surface area (Å²) in [4.78, 5) is 59.7. The molecule has 0 radical (unpaired) electrons. The number of rotatable bonds is 8. The van der Waals surface area contributed by atoms with Crippen molar-refractivity contribution in [3.8, 4) is 11.5 Å². The fraction of sp³-hybridized carbons (Fsp3) is 0.143. The summed E-state index contributed by atoms with van der Waals surface area (Å²) in [5.41, 5.74) is -0.489. The molecule has 0 atom stereocenters. The average molecular weight is 581 g/mol. The molecule has 34 heavy (non-hydrogen) atoms. The van der Waals surface area contributed by atoms with Crippen molar-refractivity contribution in [3.05, 3.63) is 61.2 Å². The highest BCUT2D eigenvalue weighted by molar-refractivity contribution is 14.1. The van der Waals surface area contributed by atoms with E-state index >= 15 is 0 Å². The van der Waals surface area contributed by atoms with Gasteiger partial charge < -0.3 is 14.6 Å². The van der Waals surface area contributed by atoms with Crippen molar-refractivity contribution in [3.63, 3.8) is 0 Å². The summed E-state index contributed by atoms with van der Waals surface area (Å²) in [7, 11) is 0. The minimum Gasteiger partial charge on any atom is -0.490 e. The van der Waals surface area contributed by atoms with Crippen LogP contribution in [-0.4, -0.2) is 47.1 Å². The Hall–Kier alpha value is -4.01. The van der Waals surface area contributed by atoms with Crippen molar-refractivity contribution < 1.29 is 38.7 Å². The quantitative estimate of drug-likeness (QED) is 0.157. The molecule has 1 aliphatic heterocycles. The lowest BCUT2D eigenvalue weighted by atomic mass is 10.1. The molecule has 1 saturated heterocycles. The summed E-state index contributed by atoms with van der Waals surface area (Å²) in [5.74, 6) is -2.73. The molecule has 0 spiro atoms. The van der Waals surface area contributed by atoms with Crippen molar-refractivity contribution >= 4 is 63.9 Å². The number of barbiturate groups is 1. The number of nitro groups is 1. The zero-order chi connectivity index (χ0) is 25.0. The SMILES string of the molecule is CCOc1cc(/C=C2\C(=O)NC(=O)N(c3cccc([N+](=O)[O-])c3)C2=O)cc(I)c1OCC(=O)O. The largest absolute Gasteiger partial charge is 0.490 e. The van der Waals surface area contributed by atoms with E-state index in [0.29, 0.717) is 14.0 Å². The number of benzene rings is 2. The molecule has 1 fully saturated rings. The number of carbonyl (C=O) groups is 4. The van der Waals surface area contributed by atoms with Gasteiger partial charge in [-0.25, -0.2) is 14.5 Å². The van der Waals surface area contributed by atoms with Crippen LogP contribution in [0.4, 0.5) is 16.2 Å². The monoisotopic (exact) mass is 581 g/mol. The van der Waals surface area contributed by atoms with Gasteiger partial charge in [-0.05, 0) is 59.4 Å². The molecule has 1 heterocycles. The van der Waals surface area contributed by atoms with Gasteiger partial charge in [0, 0.05) is 12.1 Å². The minimum absolute atomic E-state index is 0.0860. The van der Waals surface area contributed by atoms with Gasteiger partial charge in [-0.3, -0.25) is 25.0 Å². The van der Waals surface area contributed by atoms with Gasteiger partial charge in [0.15, 0.2) is 18.1 Å². The number of nitrogens with one attached hydrogen (secondary N) is 1. The van der Waals surface area contributed by atoms with Crippen LogP contribution in [0.1, 0.15) is 12.5 Å². The van der Waals surface area contributed by atoms with Crippen LogP contribution in [0.3, 0.4) is 0 Å². The third kappa shape index (κ3) is 5.31. The number of ether oxygens (including phenoxy) is 2. The first-order valence-electron chi connectivity index (χ1n) is 9.59. The molecule has 0 aliphatic carbocycles. The number of hydrogen-bond acceptors (Lipinski definition) is 8. The Morgan fingerprint density at radius 3 is 2.62 bits per heavy atom. The van der Waals surface area contributed by atoms with Crippen LogP contribution in [0.2, 0.25) is 0 Å². The Morgan fingerprint density at radius 1 is 1.24 bits per heavy atom. The summed E-state index contributed by atoms with van der Waals surface area (Å²) in [5, 5.41) is 22.0. The number of carbonyl (C=O) groups excluding carboxylic acids is 3. The van der Waals surface area contributed by atoms with Gasteiger partial charge in [0.1, 0.15) is 5.57 Å². The van der Waals surface area contributed by atoms with E-state index in [9.17, 15) is 29.3 Å². The van der Waals surface area contributed by atoms with E-state index in [2.05, 4.69) is 0 Å². The molecule has 0 bridgehead atoms. The molecule has 1 aliphatic rings. The van der Waals surface area contributed by atoms with E-state index in [1.54, 1.807) is 6.92 Å². The normalized spacial score (nSPS) is 14.7. The lowest BCUT2D eigenvalue weighted by Gasteiger charge is -2.26. The maximum atomic E-state index is 13.1. The van der Waals surface area contributed by atoms with E-state index < -0.39 is 40.9 Å². The Kier molecular flexibility index (Phi) is 7.45. The fourth-order valence-corrected chi connectivity index (χ4v) is 3.79. The molecular formula is C21H16IN3O9. The van der Waals surface area contributed by atoms with Crippen LogP contribution >= 0.6 is 22.6 Å². The first-order chi connectivity index (χ1) is 16.1. The molecule has 2 aromatic carbocycles. The molecular weight excluding hydrogens is 565 g/mol. The number of aliphatic carboxylic acids is 1. The van der Waals surface area contributed by atoms with Crippen molar-refractivity contribution in [2.24, 2.45) is 0 Å². The second-order valence-electron chi connectivity index (χ2n) is 6.68. The Balaban J connectivity index is 2.02. The number of anilines is 1. The fourth-order valence-electron chi connectivity index (χ4n) is 3.01. The van der Waals surface area contributed by atoms with Crippen LogP contribution in [0.25, 0.3) is 6.08 Å². The molecule has 2 aromatic rings. The van der Waals surface area contributed by atoms with Gasteiger partial charge in [0.25, 0.3) is 17.5 Å². The molecule has 2 N–H and O–H groups in total. The maximum absolute atomic E-state index is 13.1. The van der Waals surface area contributed by atoms with Gasteiger partial charge in [-0.1, -0.05) is 6.07 Å². The number of nitrogens with zero attached hydrogens (tertiary/aromatic N) is 2. The Bertz CT molecular complexity index is 1240. The average Bonchev–Trinajstić information content (AvgIpc) is 2.76. The molecule has 0 aromatic heterocycles. The number of urea groups is 1. The molecule has 4 amide bonds. The van der Waals surface area contributed by atoms with Gasteiger partial charge in [-0.15, -0.1) is 0 Å². The predicted molar refractivity (Wildman–Crippen MR) is 126 cm³/mol. The van der Waals surface area contributed by atoms with E-state index in [4.69, 9.17) is 14.6 Å². The summed E-state index contributed by atoms with van der Waals surface area (Å²) in [6.45, 7) is 1.34. The Labute approximate surface area is 205 Å². The summed E-state index contributed by atoms with van der Waals surface area (Å²) < 4.78 is 11.2. The highest BCUT2D eigenvalue weighted by Crippen LogP contribution is 2.35. The van der Waals surface area contributed by atoms with E-state index in [1.807, 2.05) is 27.9 Å². The second kappa shape index (κ2) is 10.3. The lowest BCUT2D eigenvalue weighted by Crippen LogP contribution is -2.54. The number of non-ortho nitro benzene ring substituents is 1. The molecule has 12 nitrogen and oxygen atoms in total. The van der Waals surface area contributed by atoms with Gasteiger partial charge in [0.05, 0.1) is 20.8 Å². The molecule has 3 rings (SSSR count). The number of amides is 4. The molecule has 176 valence electrons. The van der Waals surface area contributed by atoms with E-state index in [-0.39, 0.29) is 29.5 Å². The number of carboxylic acid groups (broad SMARTS) is 1. The highest BCUT2D eigenvalue weighted by atomic mass is 127. The van der Waals surface area contributed by atoms with Crippen LogP contribution in [0.15, 0.2) is 42.0 Å². The van der Waals surface area contributed by atoms with Gasteiger partial charge in [0.2, 0.25) is 0 Å². The predicted octanol–water partition coefficient (Wildman–Crippen LogP) is 2.73. The molecule has 0 saturated carbocycles. The minimum atomic E-state index is -1.18. The van der Waals surface area contributed by atoms with Crippen molar-refractivity contribution in [1.82, 2.24) is 5.32 Å². The van der Waals surface area contributed by atoms with Gasteiger partial charge in [-0.2, -0.15) is 0 Å². The number of halogens is 1. The van der Waals surface area contributed by atoms with Crippen molar-refractivity contribution in [1.29, 1.82) is 0 Å². The zero-order valence-corrected chi connectivity index (χ0v) is 19.6. The lowest BCUT2D eigenvalue weighted by molar-refractivity contribution is -0.384. The zero-order valence-electron chi connectivity index (χ0n) is 17.4. The summed E-state index contributed by atoms with van der Waals surface area (Å²) >= 11 is 1.89. The summed E-state index contributed by atoms with van der Waals surface area (Å²) in [6, 6.07) is 6.79. The first kappa shape index (κ1) is 24.6. The second-order valence-corrected chi connectivity index (χ2v) is 7.84. The summed E-state index contributed by atoms with van der Waals surface area (Å²) in [6.07, 6.45) is 1.22. The molecule has 13 heteroatoms. The van der Waals surface area contributed by atoms with Gasteiger partial charge >= 0.3 is 12.0 Å². The van der Waals surface area contributed by atoms with Crippen molar-refractivity contribution in [2.45, 2.75) is 6.92 Å². The number of nitro benzene ring substituents is 1. The third-order valence-electron chi connectivity index (χ3n) is 4.38. The number of carboxylic acids is 1. The van der Waals surface area contributed by atoms with Crippen LogP contribution < -0.4 is 19.7 Å². The van der Waals surface area contributed by atoms with E-state index in [0.717, 1.165) is 6.07 Å². The first-order valence-corrected chi connectivity index (χ1v) is 10.7. The maximum Gasteiger partial charge on any atom is 0.341 e. The van der Waals surface area contributed by atoms with Crippen LogP contribution in [0.5, 0.6) is 11.5 Å². The van der Waals surface area contributed by atoms with E-state index in [1.165, 1.54) is 36.4 Å².